The van der Waals surface area contributed by atoms with Gasteiger partial charge in [0.1, 0.15) is 11.9 Å². The number of hydrogen-bond acceptors (Lipinski definition) is 4. The van der Waals surface area contributed by atoms with Gasteiger partial charge in [-0.05, 0) is 25.7 Å². The topological polar surface area (TPSA) is 47.0 Å². The third kappa shape index (κ3) is 3.66. The number of anilines is 1. The Hall–Kier alpha value is -1.16. The number of aromatic nitrogens is 2. The van der Waals surface area contributed by atoms with Gasteiger partial charge < -0.3 is 10.1 Å². The fourth-order valence-electron chi connectivity index (χ4n) is 2.40. The van der Waals surface area contributed by atoms with Crippen molar-refractivity contribution >= 4 is 5.82 Å². The average molecular weight is 265 g/mol. The van der Waals surface area contributed by atoms with Crippen LogP contribution in [0.1, 0.15) is 63.7 Å². The van der Waals surface area contributed by atoms with Gasteiger partial charge in [0.2, 0.25) is 0 Å². The fraction of sp³-hybridized carbons (Fsp3) is 0.733. The lowest BCUT2D eigenvalue weighted by atomic mass is 10.0. The summed E-state index contributed by atoms with van der Waals surface area (Å²) in [4.78, 5) is 9.34. The molecule has 0 aliphatic rings. The van der Waals surface area contributed by atoms with Gasteiger partial charge in [0.05, 0.1) is 0 Å². The second kappa shape index (κ2) is 6.85. The number of ether oxygens (including phenoxy) is 1. The molecule has 0 spiro atoms. The smallest absolute Gasteiger partial charge is 0.159 e. The van der Waals surface area contributed by atoms with Crippen LogP contribution >= 0.6 is 0 Å². The maximum Gasteiger partial charge on any atom is 0.159 e. The summed E-state index contributed by atoms with van der Waals surface area (Å²) >= 11 is 0. The van der Waals surface area contributed by atoms with Crippen LogP contribution in [-0.2, 0) is 4.74 Å². The van der Waals surface area contributed by atoms with Crippen LogP contribution < -0.4 is 5.32 Å². The standard InChI is InChI=1S/C15H27N3O/c1-8-16-14-12(9(2)3)11(6)17-15(18-14)13(19-7)10(4)5/h9-10,13H,8H2,1-7H3,(H,16,17,18). The minimum Gasteiger partial charge on any atom is -0.373 e. The SMILES string of the molecule is CCNc1nc(C(OC)C(C)C)nc(C)c1C(C)C. The largest absolute Gasteiger partial charge is 0.373 e. The zero-order valence-corrected chi connectivity index (χ0v) is 13.2. The van der Waals surface area contributed by atoms with Crippen molar-refractivity contribution < 1.29 is 4.74 Å². The van der Waals surface area contributed by atoms with E-state index in [0.29, 0.717) is 11.8 Å². The lowest BCUT2D eigenvalue weighted by Gasteiger charge is -2.22. The summed E-state index contributed by atoms with van der Waals surface area (Å²) in [6.45, 7) is 13.6. The first-order valence-corrected chi connectivity index (χ1v) is 7.07. The number of hydrogen-bond donors (Lipinski definition) is 1. The number of methoxy groups -OCH3 is 1. The second-order valence-corrected chi connectivity index (χ2v) is 5.51. The molecule has 0 aromatic carbocycles. The van der Waals surface area contributed by atoms with Gasteiger partial charge in [0.25, 0.3) is 0 Å². The van der Waals surface area contributed by atoms with Gasteiger partial charge in [-0.25, -0.2) is 9.97 Å². The van der Waals surface area contributed by atoms with Crippen LogP contribution in [0.15, 0.2) is 0 Å². The summed E-state index contributed by atoms with van der Waals surface area (Å²) in [5.41, 5.74) is 2.24. The molecule has 0 radical (unpaired) electrons. The van der Waals surface area contributed by atoms with Crippen LogP contribution in [0.4, 0.5) is 5.82 Å². The van der Waals surface area contributed by atoms with Gasteiger partial charge in [-0.3, -0.25) is 0 Å². The molecule has 19 heavy (non-hydrogen) atoms. The van der Waals surface area contributed by atoms with Crippen LogP contribution in [0.2, 0.25) is 0 Å². The average Bonchev–Trinajstić information content (AvgIpc) is 2.28. The molecule has 1 N–H and O–H groups in total. The molecule has 1 aromatic rings. The molecule has 0 saturated heterocycles. The molecule has 0 aliphatic carbocycles. The van der Waals surface area contributed by atoms with E-state index in [9.17, 15) is 0 Å². The second-order valence-electron chi connectivity index (χ2n) is 5.51. The Bertz CT molecular complexity index is 416. The first-order chi connectivity index (χ1) is 8.92. The van der Waals surface area contributed by atoms with Crippen LogP contribution in [0.3, 0.4) is 0 Å². The first kappa shape index (κ1) is 15.9. The summed E-state index contributed by atoms with van der Waals surface area (Å²) in [5.74, 6) is 2.48. The molecule has 108 valence electrons. The van der Waals surface area contributed by atoms with E-state index in [2.05, 4.69) is 56.8 Å². The van der Waals surface area contributed by atoms with Crippen molar-refractivity contribution in [3.63, 3.8) is 0 Å². The van der Waals surface area contributed by atoms with Crippen molar-refractivity contribution in [2.45, 2.75) is 53.6 Å². The van der Waals surface area contributed by atoms with Gasteiger partial charge in [-0.15, -0.1) is 0 Å². The third-order valence-corrected chi connectivity index (χ3v) is 3.19. The number of nitrogens with zero attached hydrogens (tertiary/aromatic N) is 2. The minimum absolute atomic E-state index is 0.0580. The first-order valence-electron chi connectivity index (χ1n) is 7.07. The van der Waals surface area contributed by atoms with Crippen molar-refractivity contribution in [2.24, 2.45) is 5.92 Å². The summed E-state index contributed by atoms with van der Waals surface area (Å²) in [6, 6.07) is 0. The van der Waals surface area contributed by atoms with E-state index >= 15 is 0 Å². The highest BCUT2D eigenvalue weighted by Gasteiger charge is 2.22. The molecule has 1 heterocycles. The van der Waals surface area contributed by atoms with E-state index in [0.717, 1.165) is 23.9 Å². The number of nitrogens with one attached hydrogen (secondary N) is 1. The van der Waals surface area contributed by atoms with Crippen molar-refractivity contribution in [2.75, 3.05) is 19.0 Å². The Morgan fingerprint density at radius 2 is 1.79 bits per heavy atom. The van der Waals surface area contributed by atoms with Crippen LogP contribution in [-0.4, -0.2) is 23.6 Å². The van der Waals surface area contributed by atoms with Crippen LogP contribution in [0.25, 0.3) is 0 Å². The van der Waals surface area contributed by atoms with E-state index in [-0.39, 0.29) is 6.10 Å². The predicted octanol–water partition coefficient (Wildman–Crippen LogP) is 3.68. The van der Waals surface area contributed by atoms with Crippen LogP contribution in [0.5, 0.6) is 0 Å². The summed E-state index contributed by atoms with van der Waals surface area (Å²) in [5, 5.41) is 3.35. The van der Waals surface area contributed by atoms with Crippen LogP contribution in [0, 0.1) is 12.8 Å². The molecular formula is C15H27N3O. The highest BCUT2D eigenvalue weighted by atomic mass is 16.5. The fourth-order valence-corrected chi connectivity index (χ4v) is 2.40. The Morgan fingerprint density at radius 3 is 2.21 bits per heavy atom. The van der Waals surface area contributed by atoms with E-state index < -0.39 is 0 Å². The summed E-state index contributed by atoms with van der Waals surface area (Å²) in [6.07, 6.45) is -0.0580. The van der Waals surface area contributed by atoms with Crippen molar-refractivity contribution in [3.8, 4) is 0 Å². The molecule has 1 atom stereocenters. The molecular weight excluding hydrogens is 238 g/mol. The lowest BCUT2D eigenvalue weighted by molar-refractivity contribution is 0.0574. The maximum absolute atomic E-state index is 5.53. The Morgan fingerprint density at radius 1 is 1.16 bits per heavy atom. The molecule has 4 heteroatoms. The van der Waals surface area contributed by atoms with Gasteiger partial charge in [-0.1, -0.05) is 27.7 Å². The van der Waals surface area contributed by atoms with E-state index in [1.807, 2.05) is 0 Å². The minimum atomic E-state index is -0.0580. The molecule has 1 aromatic heterocycles. The molecule has 0 fully saturated rings. The molecule has 0 saturated carbocycles. The van der Waals surface area contributed by atoms with E-state index in [1.165, 1.54) is 5.56 Å². The Labute approximate surface area is 117 Å². The highest BCUT2D eigenvalue weighted by molar-refractivity contribution is 5.48. The van der Waals surface area contributed by atoms with Crippen molar-refractivity contribution in [1.82, 2.24) is 9.97 Å². The molecule has 0 bridgehead atoms. The molecule has 1 unspecified atom stereocenters. The number of rotatable bonds is 6. The van der Waals surface area contributed by atoms with Gasteiger partial charge in [-0.2, -0.15) is 0 Å². The quantitative estimate of drug-likeness (QED) is 0.852. The number of aryl methyl sites for hydroxylation is 1. The Kier molecular flexibility index (Phi) is 5.73. The van der Waals surface area contributed by atoms with Gasteiger partial charge in [0, 0.05) is 24.9 Å². The maximum atomic E-state index is 5.53. The zero-order chi connectivity index (χ0) is 14.6. The molecule has 1 rings (SSSR count). The molecule has 0 aliphatic heterocycles. The highest BCUT2D eigenvalue weighted by Crippen LogP contribution is 2.29. The predicted molar refractivity (Wildman–Crippen MR) is 79.6 cm³/mol. The summed E-state index contributed by atoms with van der Waals surface area (Å²) in [7, 11) is 1.71. The Balaban J connectivity index is 3.30. The summed E-state index contributed by atoms with van der Waals surface area (Å²) < 4.78 is 5.53. The monoisotopic (exact) mass is 265 g/mol. The molecule has 4 nitrogen and oxygen atoms in total. The van der Waals surface area contributed by atoms with Crippen molar-refractivity contribution in [3.05, 3.63) is 17.1 Å². The zero-order valence-electron chi connectivity index (χ0n) is 13.2. The molecule has 0 amide bonds. The van der Waals surface area contributed by atoms with E-state index in [1.54, 1.807) is 7.11 Å². The van der Waals surface area contributed by atoms with Gasteiger partial charge in [0.15, 0.2) is 5.82 Å². The third-order valence-electron chi connectivity index (χ3n) is 3.19. The normalized spacial score (nSPS) is 13.1. The van der Waals surface area contributed by atoms with Crippen molar-refractivity contribution in [1.29, 1.82) is 0 Å². The van der Waals surface area contributed by atoms with Gasteiger partial charge >= 0.3 is 0 Å². The lowest BCUT2D eigenvalue weighted by Crippen LogP contribution is -2.17. The van der Waals surface area contributed by atoms with E-state index in [4.69, 9.17) is 4.74 Å².